The fourth-order valence-electron chi connectivity index (χ4n) is 2.36. The summed E-state index contributed by atoms with van der Waals surface area (Å²) in [6, 6.07) is 8.12. The van der Waals surface area contributed by atoms with E-state index in [2.05, 4.69) is 24.1 Å². The van der Waals surface area contributed by atoms with Gasteiger partial charge >= 0.3 is 0 Å². The van der Waals surface area contributed by atoms with Crippen LogP contribution in [-0.4, -0.2) is 16.6 Å². The monoisotopic (exact) mass is 304 g/mol. The number of nitrogens with zero attached hydrogens (tertiary/aromatic N) is 1. The van der Waals surface area contributed by atoms with E-state index >= 15 is 0 Å². The summed E-state index contributed by atoms with van der Waals surface area (Å²) in [5.41, 5.74) is 1.14. The Morgan fingerprint density at radius 1 is 1.33 bits per heavy atom. The predicted octanol–water partition coefficient (Wildman–Crippen LogP) is 3.73. The first-order valence-electron chi connectivity index (χ1n) is 7.38. The maximum atomic E-state index is 10.6. The van der Waals surface area contributed by atoms with Gasteiger partial charge < -0.3 is 10.4 Å². The first-order chi connectivity index (χ1) is 9.99. The lowest BCUT2D eigenvalue weighted by molar-refractivity contribution is 0.0531. The Morgan fingerprint density at radius 3 is 2.71 bits per heavy atom. The zero-order valence-corrected chi connectivity index (χ0v) is 13.7. The van der Waals surface area contributed by atoms with Gasteiger partial charge in [0.2, 0.25) is 0 Å². The molecule has 0 radical (unpaired) electrons. The van der Waals surface area contributed by atoms with E-state index in [1.54, 1.807) is 11.3 Å². The van der Waals surface area contributed by atoms with Crippen molar-refractivity contribution in [3.63, 3.8) is 0 Å². The first-order valence-corrected chi connectivity index (χ1v) is 8.32. The molecule has 21 heavy (non-hydrogen) atoms. The van der Waals surface area contributed by atoms with Crippen molar-refractivity contribution in [1.82, 2.24) is 10.3 Å². The molecule has 0 aliphatic carbocycles. The molecule has 0 fully saturated rings. The average Bonchev–Trinajstić information content (AvgIpc) is 2.99. The highest BCUT2D eigenvalue weighted by Crippen LogP contribution is 2.25. The number of nitrogens with one attached hydrogen (secondary N) is 1. The predicted molar refractivity (Wildman–Crippen MR) is 88.3 cm³/mol. The van der Waals surface area contributed by atoms with Crippen molar-refractivity contribution in [2.45, 2.75) is 38.8 Å². The summed E-state index contributed by atoms with van der Waals surface area (Å²) >= 11 is 1.61. The molecule has 0 aliphatic heterocycles. The number of hydrogen-bond donors (Lipinski definition) is 2. The quantitative estimate of drug-likeness (QED) is 0.819. The van der Waals surface area contributed by atoms with Gasteiger partial charge in [0.15, 0.2) is 0 Å². The van der Waals surface area contributed by atoms with Gasteiger partial charge in [-0.15, -0.1) is 0 Å². The van der Waals surface area contributed by atoms with Crippen molar-refractivity contribution >= 4 is 11.3 Å². The van der Waals surface area contributed by atoms with E-state index in [-0.39, 0.29) is 6.04 Å². The van der Waals surface area contributed by atoms with Crippen LogP contribution in [0, 0.1) is 5.92 Å². The number of thiophene rings is 1. The van der Waals surface area contributed by atoms with Crippen LogP contribution >= 0.6 is 11.3 Å². The molecule has 2 aromatic rings. The number of rotatable bonds is 7. The van der Waals surface area contributed by atoms with Crippen LogP contribution in [0.25, 0.3) is 0 Å². The molecule has 114 valence electrons. The minimum Gasteiger partial charge on any atom is -0.384 e. The van der Waals surface area contributed by atoms with Gasteiger partial charge in [0.25, 0.3) is 0 Å². The number of aromatic nitrogens is 1. The molecule has 0 bridgehead atoms. The highest BCUT2D eigenvalue weighted by Gasteiger charge is 2.25. The zero-order chi connectivity index (χ0) is 15.3. The van der Waals surface area contributed by atoms with Crippen LogP contribution < -0.4 is 5.32 Å². The summed E-state index contributed by atoms with van der Waals surface area (Å²) in [5.74, 6) is 0.565. The first kappa shape index (κ1) is 16.1. The van der Waals surface area contributed by atoms with Gasteiger partial charge in [0.05, 0.1) is 5.69 Å². The number of hydrogen-bond acceptors (Lipinski definition) is 4. The molecule has 2 heterocycles. The third kappa shape index (κ3) is 4.63. The standard InChI is InChI=1S/C17H24N2OS/c1-13(2)10-16(15-6-4-5-8-18-15)19-12-17(3,20)14-7-9-21-11-14/h4-9,11,13,16,19-20H,10,12H2,1-3H3/t16-,17-/m0/s1. The van der Waals surface area contributed by atoms with Gasteiger partial charge in [-0.2, -0.15) is 11.3 Å². The van der Waals surface area contributed by atoms with E-state index < -0.39 is 5.60 Å². The van der Waals surface area contributed by atoms with E-state index in [1.165, 1.54) is 0 Å². The van der Waals surface area contributed by atoms with E-state index in [0.29, 0.717) is 12.5 Å². The Hall–Kier alpha value is -1.23. The van der Waals surface area contributed by atoms with Gasteiger partial charge in [0.1, 0.15) is 5.60 Å². The number of pyridine rings is 1. The van der Waals surface area contributed by atoms with Crippen LogP contribution in [0.1, 0.15) is 44.5 Å². The van der Waals surface area contributed by atoms with Gasteiger partial charge in [-0.3, -0.25) is 4.98 Å². The third-order valence-electron chi connectivity index (χ3n) is 3.59. The van der Waals surface area contributed by atoms with Crippen molar-refractivity contribution in [2.75, 3.05) is 6.54 Å². The molecule has 4 heteroatoms. The van der Waals surface area contributed by atoms with Crippen molar-refractivity contribution in [3.8, 4) is 0 Å². The molecule has 0 amide bonds. The summed E-state index contributed by atoms with van der Waals surface area (Å²) < 4.78 is 0. The second-order valence-electron chi connectivity index (χ2n) is 6.10. The fourth-order valence-corrected chi connectivity index (χ4v) is 3.14. The second kappa shape index (κ2) is 7.16. The minimum atomic E-state index is -0.857. The third-order valence-corrected chi connectivity index (χ3v) is 4.27. The molecule has 3 nitrogen and oxygen atoms in total. The molecule has 2 rings (SSSR count). The van der Waals surface area contributed by atoms with Crippen molar-refractivity contribution in [1.29, 1.82) is 0 Å². The largest absolute Gasteiger partial charge is 0.384 e. The van der Waals surface area contributed by atoms with E-state index in [0.717, 1.165) is 17.7 Å². The van der Waals surface area contributed by atoms with Crippen molar-refractivity contribution in [3.05, 3.63) is 52.5 Å². The zero-order valence-electron chi connectivity index (χ0n) is 12.9. The Balaban J connectivity index is 2.06. The molecule has 0 aromatic carbocycles. The summed E-state index contributed by atoms with van der Waals surface area (Å²) in [4.78, 5) is 4.45. The molecule has 0 unspecified atom stereocenters. The molecule has 2 atom stereocenters. The highest BCUT2D eigenvalue weighted by molar-refractivity contribution is 7.08. The smallest absolute Gasteiger partial charge is 0.100 e. The Labute approximate surface area is 131 Å². The van der Waals surface area contributed by atoms with Gasteiger partial charge in [0, 0.05) is 18.8 Å². The average molecular weight is 304 g/mol. The van der Waals surface area contributed by atoms with Crippen LogP contribution in [-0.2, 0) is 5.60 Å². The molecule has 2 N–H and O–H groups in total. The maximum absolute atomic E-state index is 10.6. The van der Waals surface area contributed by atoms with Crippen LogP contribution in [0.5, 0.6) is 0 Å². The maximum Gasteiger partial charge on any atom is 0.100 e. The minimum absolute atomic E-state index is 0.163. The number of aliphatic hydroxyl groups is 1. The van der Waals surface area contributed by atoms with Crippen LogP contribution in [0.15, 0.2) is 41.2 Å². The Morgan fingerprint density at radius 2 is 2.14 bits per heavy atom. The van der Waals surface area contributed by atoms with E-state index in [4.69, 9.17) is 0 Å². The summed E-state index contributed by atoms with van der Waals surface area (Å²) in [5, 5.41) is 18.1. The summed E-state index contributed by atoms with van der Waals surface area (Å²) in [6.45, 7) is 6.77. The van der Waals surface area contributed by atoms with Gasteiger partial charge in [-0.25, -0.2) is 0 Å². The van der Waals surface area contributed by atoms with Crippen molar-refractivity contribution < 1.29 is 5.11 Å². The fraction of sp³-hybridized carbons (Fsp3) is 0.471. The Bertz CT molecular complexity index is 523. The molecule has 2 aromatic heterocycles. The summed E-state index contributed by atoms with van der Waals surface area (Å²) in [7, 11) is 0. The second-order valence-corrected chi connectivity index (χ2v) is 6.88. The molecular weight excluding hydrogens is 280 g/mol. The lowest BCUT2D eigenvalue weighted by Gasteiger charge is -2.27. The molecule has 0 saturated heterocycles. The molecule has 0 spiro atoms. The van der Waals surface area contributed by atoms with E-state index in [1.807, 2.05) is 48.1 Å². The van der Waals surface area contributed by atoms with Crippen LogP contribution in [0.3, 0.4) is 0 Å². The van der Waals surface area contributed by atoms with Gasteiger partial charge in [-0.05, 0) is 53.8 Å². The molecule has 0 saturated carbocycles. The normalized spacial score (nSPS) is 15.9. The Kier molecular flexibility index (Phi) is 5.51. The molecular formula is C17H24N2OS. The lowest BCUT2D eigenvalue weighted by Crippen LogP contribution is -2.37. The summed E-state index contributed by atoms with van der Waals surface area (Å²) in [6.07, 6.45) is 2.82. The molecule has 0 aliphatic rings. The lowest BCUT2D eigenvalue weighted by atomic mass is 9.96. The topological polar surface area (TPSA) is 45.1 Å². The highest BCUT2D eigenvalue weighted by atomic mass is 32.1. The SMILES string of the molecule is CC(C)C[C@H](NC[C@](C)(O)c1ccsc1)c1ccccn1. The van der Waals surface area contributed by atoms with Crippen molar-refractivity contribution in [2.24, 2.45) is 5.92 Å². The van der Waals surface area contributed by atoms with Crippen LogP contribution in [0.2, 0.25) is 0 Å². The van der Waals surface area contributed by atoms with Gasteiger partial charge in [-0.1, -0.05) is 19.9 Å². The van der Waals surface area contributed by atoms with Crippen LogP contribution in [0.4, 0.5) is 0 Å². The van der Waals surface area contributed by atoms with E-state index in [9.17, 15) is 5.11 Å².